The lowest BCUT2D eigenvalue weighted by Crippen LogP contribution is -2.42. The zero-order valence-electron chi connectivity index (χ0n) is 19.8. The van der Waals surface area contributed by atoms with E-state index in [1.165, 1.54) is 5.56 Å². The molecule has 1 nitrogen and oxygen atoms in total. The molecule has 0 radical (unpaired) electrons. The summed E-state index contributed by atoms with van der Waals surface area (Å²) in [4.78, 5) is 0. The maximum absolute atomic E-state index is 11.0. The summed E-state index contributed by atoms with van der Waals surface area (Å²) in [5.74, 6) is 1.54. The van der Waals surface area contributed by atoms with Crippen LogP contribution in [0, 0.1) is 29.6 Å². The minimum atomic E-state index is -0.135. The molecular weight excluding hydrogens is 316 g/mol. The highest BCUT2D eigenvalue weighted by Gasteiger charge is 2.45. The van der Waals surface area contributed by atoms with E-state index >= 15 is 0 Å². The van der Waals surface area contributed by atoms with Crippen LogP contribution >= 0.6 is 0 Å². The van der Waals surface area contributed by atoms with Crippen LogP contribution in [0.3, 0.4) is 0 Å². The van der Waals surface area contributed by atoms with Gasteiger partial charge in [-0.2, -0.15) is 0 Å². The Bertz CT molecular complexity index is 642. The van der Waals surface area contributed by atoms with Crippen LogP contribution in [0.5, 0.6) is 5.75 Å². The minimum absolute atomic E-state index is 0.00638. The van der Waals surface area contributed by atoms with E-state index in [0.717, 1.165) is 11.1 Å². The van der Waals surface area contributed by atoms with Crippen LogP contribution in [0.1, 0.15) is 99.8 Å². The standard InChI is InChI=1S/C25H44O/c1-16(2)22(6,7)24(10,11)19-14-18(5)21(26)20(15-19)25(12,13)23(8,9)17(3)4/h14-17,26H,1-13H3. The number of aromatic hydroxyl groups is 1. The molecule has 1 N–H and O–H groups in total. The lowest BCUT2D eigenvalue weighted by molar-refractivity contribution is 0.118. The van der Waals surface area contributed by atoms with E-state index in [4.69, 9.17) is 0 Å². The predicted octanol–water partition coefficient (Wildman–Crippen LogP) is 7.62. The summed E-state index contributed by atoms with van der Waals surface area (Å²) in [6, 6.07) is 4.48. The first kappa shape index (κ1) is 23.1. The Hall–Kier alpha value is -0.980. The van der Waals surface area contributed by atoms with Gasteiger partial charge in [-0.1, -0.05) is 95.2 Å². The Labute approximate surface area is 163 Å². The largest absolute Gasteiger partial charge is 0.507 e. The fourth-order valence-corrected chi connectivity index (χ4v) is 3.78. The van der Waals surface area contributed by atoms with E-state index in [-0.39, 0.29) is 21.7 Å². The Morgan fingerprint density at radius 3 is 1.46 bits per heavy atom. The fourth-order valence-electron chi connectivity index (χ4n) is 3.78. The quantitative estimate of drug-likeness (QED) is 0.553. The van der Waals surface area contributed by atoms with Crippen molar-refractivity contribution >= 4 is 0 Å². The third-order valence-electron chi connectivity index (χ3n) is 8.80. The first-order chi connectivity index (χ1) is 11.4. The summed E-state index contributed by atoms with van der Waals surface area (Å²) < 4.78 is 0. The SMILES string of the molecule is Cc1cc(C(C)(C)C(C)(C)C(C)C)cc(C(C)(C)C(C)(C)C(C)C)c1O. The molecule has 0 saturated heterocycles. The van der Waals surface area contributed by atoms with Crippen LogP contribution in [0.15, 0.2) is 12.1 Å². The molecule has 0 aliphatic carbocycles. The van der Waals surface area contributed by atoms with Crippen molar-refractivity contribution in [3.63, 3.8) is 0 Å². The molecule has 0 unspecified atom stereocenters. The molecule has 0 aromatic heterocycles. The van der Waals surface area contributed by atoms with E-state index in [2.05, 4.69) is 95.2 Å². The van der Waals surface area contributed by atoms with Gasteiger partial charge in [-0.05, 0) is 51.5 Å². The van der Waals surface area contributed by atoms with E-state index in [1.807, 2.05) is 6.92 Å². The molecule has 150 valence electrons. The van der Waals surface area contributed by atoms with Gasteiger partial charge in [0.2, 0.25) is 0 Å². The van der Waals surface area contributed by atoms with Crippen molar-refractivity contribution in [1.82, 2.24) is 0 Å². The topological polar surface area (TPSA) is 20.2 Å². The maximum atomic E-state index is 11.0. The van der Waals surface area contributed by atoms with Gasteiger partial charge in [-0.25, -0.2) is 0 Å². The van der Waals surface area contributed by atoms with Gasteiger partial charge in [-0.3, -0.25) is 0 Å². The summed E-state index contributed by atoms with van der Waals surface area (Å²) in [5.41, 5.74) is 3.47. The van der Waals surface area contributed by atoms with Gasteiger partial charge in [0, 0.05) is 5.56 Å². The summed E-state index contributed by atoms with van der Waals surface area (Å²) in [6.07, 6.45) is 0. The average molecular weight is 361 g/mol. The van der Waals surface area contributed by atoms with Gasteiger partial charge >= 0.3 is 0 Å². The molecular formula is C25H44O. The molecule has 0 bridgehead atoms. The second-order valence-electron chi connectivity index (χ2n) is 11.2. The first-order valence-electron chi connectivity index (χ1n) is 10.3. The first-order valence-corrected chi connectivity index (χ1v) is 10.3. The summed E-state index contributed by atoms with van der Waals surface area (Å²) >= 11 is 0. The Kier molecular flexibility index (Phi) is 6.10. The molecule has 0 saturated carbocycles. The molecule has 0 heterocycles. The van der Waals surface area contributed by atoms with Crippen molar-refractivity contribution in [3.8, 4) is 5.75 Å². The zero-order valence-corrected chi connectivity index (χ0v) is 19.8. The number of hydrogen-bond donors (Lipinski definition) is 1. The lowest BCUT2D eigenvalue weighted by Gasteiger charge is -2.48. The predicted molar refractivity (Wildman–Crippen MR) is 116 cm³/mol. The van der Waals surface area contributed by atoms with Gasteiger partial charge in [0.1, 0.15) is 5.75 Å². The Morgan fingerprint density at radius 1 is 0.692 bits per heavy atom. The van der Waals surface area contributed by atoms with Gasteiger partial charge < -0.3 is 5.11 Å². The Morgan fingerprint density at radius 2 is 1.08 bits per heavy atom. The van der Waals surface area contributed by atoms with Crippen molar-refractivity contribution in [3.05, 3.63) is 28.8 Å². The normalized spacial score (nSPS) is 14.4. The molecule has 0 fully saturated rings. The molecule has 1 aromatic carbocycles. The van der Waals surface area contributed by atoms with Gasteiger partial charge in [0.25, 0.3) is 0 Å². The number of hydrogen-bond acceptors (Lipinski definition) is 1. The van der Waals surface area contributed by atoms with Gasteiger partial charge in [-0.15, -0.1) is 0 Å². The van der Waals surface area contributed by atoms with Gasteiger partial charge in [0.15, 0.2) is 0 Å². The van der Waals surface area contributed by atoms with E-state index < -0.39 is 0 Å². The van der Waals surface area contributed by atoms with Crippen LogP contribution < -0.4 is 0 Å². The number of rotatable bonds is 6. The molecule has 0 aliphatic heterocycles. The van der Waals surface area contributed by atoms with Crippen LogP contribution in [-0.4, -0.2) is 5.11 Å². The van der Waals surface area contributed by atoms with Crippen LogP contribution in [-0.2, 0) is 10.8 Å². The molecule has 1 rings (SSSR count). The number of benzene rings is 1. The van der Waals surface area contributed by atoms with Crippen molar-refractivity contribution in [2.24, 2.45) is 22.7 Å². The highest BCUT2D eigenvalue weighted by atomic mass is 16.3. The smallest absolute Gasteiger partial charge is 0.122 e. The van der Waals surface area contributed by atoms with E-state index in [0.29, 0.717) is 17.6 Å². The van der Waals surface area contributed by atoms with E-state index in [9.17, 15) is 5.11 Å². The van der Waals surface area contributed by atoms with Crippen LogP contribution in [0.4, 0.5) is 0 Å². The molecule has 1 heteroatoms. The highest BCUT2D eigenvalue weighted by Crippen LogP contribution is 2.52. The lowest BCUT2D eigenvalue weighted by atomic mass is 9.56. The second kappa shape index (κ2) is 6.88. The fraction of sp³-hybridized carbons (Fsp3) is 0.760. The third kappa shape index (κ3) is 3.43. The zero-order chi connectivity index (χ0) is 20.9. The summed E-state index contributed by atoms with van der Waals surface area (Å²) in [7, 11) is 0. The monoisotopic (exact) mass is 360 g/mol. The molecule has 0 aliphatic rings. The number of phenolic OH excluding ortho intramolecular Hbond substituents is 1. The second-order valence-corrected chi connectivity index (χ2v) is 11.2. The van der Waals surface area contributed by atoms with Crippen LogP contribution in [0.25, 0.3) is 0 Å². The maximum Gasteiger partial charge on any atom is 0.122 e. The number of phenols is 1. The third-order valence-corrected chi connectivity index (χ3v) is 8.80. The highest BCUT2D eigenvalue weighted by molar-refractivity contribution is 5.49. The van der Waals surface area contributed by atoms with E-state index in [1.54, 1.807) is 0 Å². The number of aryl methyl sites for hydroxylation is 1. The summed E-state index contributed by atoms with van der Waals surface area (Å²) in [5, 5.41) is 11.0. The Balaban J connectivity index is 3.72. The summed E-state index contributed by atoms with van der Waals surface area (Å²) in [6.45, 7) is 29.9. The molecule has 26 heavy (non-hydrogen) atoms. The van der Waals surface area contributed by atoms with Crippen LogP contribution in [0.2, 0.25) is 0 Å². The van der Waals surface area contributed by atoms with Crippen molar-refractivity contribution in [2.75, 3.05) is 0 Å². The van der Waals surface area contributed by atoms with Gasteiger partial charge in [0.05, 0.1) is 0 Å². The van der Waals surface area contributed by atoms with Crippen molar-refractivity contribution in [2.45, 2.75) is 101 Å². The van der Waals surface area contributed by atoms with Crippen molar-refractivity contribution in [1.29, 1.82) is 0 Å². The molecule has 0 amide bonds. The molecule has 1 aromatic rings. The average Bonchev–Trinajstić information content (AvgIpc) is 2.48. The molecule has 0 spiro atoms. The minimum Gasteiger partial charge on any atom is -0.507 e. The van der Waals surface area contributed by atoms with Crippen molar-refractivity contribution < 1.29 is 5.11 Å². The molecule has 0 atom stereocenters.